The summed E-state index contributed by atoms with van der Waals surface area (Å²) in [5.41, 5.74) is 0.739. The lowest BCUT2D eigenvalue weighted by molar-refractivity contribution is -0.123. The van der Waals surface area contributed by atoms with Gasteiger partial charge in [-0.25, -0.2) is 8.78 Å². The average Bonchev–Trinajstić information content (AvgIpc) is 2.53. The molecule has 0 aromatic heterocycles. The van der Waals surface area contributed by atoms with Crippen LogP contribution in [0.1, 0.15) is 35.8 Å². The molecule has 2 aromatic carbocycles. The third-order valence-corrected chi connectivity index (χ3v) is 3.44. The second-order valence-corrected chi connectivity index (χ2v) is 5.32. The number of rotatable bonds is 6. The Labute approximate surface area is 138 Å². The second-order valence-electron chi connectivity index (χ2n) is 5.32. The van der Waals surface area contributed by atoms with Gasteiger partial charge in [-0.05, 0) is 44.2 Å². The fraction of sp³-hybridized carbons (Fsp3) is 0.222. The molecule has 2 rings (SSSR count). The molecule has 1 amide bonds. The molecule has 126 valence electrons. The Balaban J connectivity index is 1.89. The summed E-state index contributed by atoms with van der Waals surface area (Å²) >= 11 is 0. The van der Waals surface area contributed by atoms with Gasteiger partial charge in [-0.2, -0.15) is 0 Å². The second kappa shape index (κ2) is 7.68. The first-order valence-electron chi connectivity index (χ1n) is 7.35. The molecule has 24 heavy (non-hydrogen) atoms. The van der Waals surface area contributed by atoms with Crippen LogP contribution >= 0.6 is 0 Å². The van der Waals surface area contributed by atoms with Crippen LogP contribution in [0.25, 0.3) is 0 Å². The number of halogens is 2. The van der Waals surface area contributed by atoms with E-state index in [0.29, 0.717) is 11.3 Å². The lowest BCUT2D eigenvalue weighted by Gasteiger charge is -2.15. The maximum absolute atomic E-state index is 13.7. The summed E-state index contributed by atoms with van der Waals surface area (Å²) in [5.74, 6) is -1.46. The van der Waals surface area contributed by atoms with Crippen molar-refractivity contribution in [3.63, 3.8) is 0 Å². The number of hydrogen-bond acceptors (Lipinski definition) is 3. The van der Waals surface area contributed by atoms with Gasteiger partial charge < -0.3 is 10.1 Å². The van der Waals surface area contributed by atoms with E-state index in [9.17, 15) is 18.4 Å². The maximum Gasteiger partial charge on any atom is 0.258 e. The number of Topliss-reactive ketones (excluding diaryl/α,β-unsaturated/α-hetero) is 1. The lowest BCUT2D eigenvalue weighted by atomic mass is 10.1. The third-order valence-electron chi connectivity index (χ3n) is 3.44. The fourth-order valence-electron chi connectivity index (χ4n) is 2.15. The van der Waals surface area contributed by atoms with Gasteiger partial charge in [0.15, 0.2) is 12.4 Å². The van der Waals surface area contributed by atoms with E-state index in [0.717, 1.165) is 12.1 Å². The van der Waals surface area contributed by atoms with Crippen molar-refractivity contribution in [3.8, 4) is 5.75 Å². The molecule has 0 spiro atoms. The Morgan fingerprint density at radius 1 is 1.12 bits per heavy atom. The molecule has 1 atom stereocenters. The van der Waals surface area contributed by atoms with E-state index in [1.54, 1.807) is 31.2 Å². The van der Waals surface area contributed by atoms with Crippen molar-refractivity contribution in [2.24, 2.45) is 0 Å². The highest BCUT2D eigenvalue weighted by atomic mass is 19.1. The number of carbonyl (C=O) groups excluding carboxylic acids is 2. The van der Waals surface area contributed by atoms with E-state index in [-0.39, 0.29) is 18.0 Å². The van der Waals surface area contributed by atoms with Crippen molar-refractivity contribution in [2.75, 3.05) is 6.61 Å². The number of ether oxygens (including phenoxy) is 1. The molecule has 0 saturated carbocycles. The van der Waals surface area contributed by atoms with Crippen molar-refractivity contribution in [2.45, 2.75) is 19.9 Å². The van der Waals surface area contributed by atoms with E-state index in [1.165, 1.54) is 13.0 Å². The number of carbonyl (C=O) groups is 2. The Kier molecular flexibility index (Phi) is 5.63. The minimum Gasteiger partial charge on any atom is -0.484 e. The highest BCUT2D eigenvalue weighted by Crippen LogP contribution is 2.18. The Morgan fingerprint density at radius 2 is 1.79 bits per heavy atom. The van der Waals surface area contributed by atoms with Crippen LogP contribution in [-0.2, 0) is 4.79 Å². The predicted molar refractivity (Wildman–Crippen MR) is 84.9 cm³/mol. The first-order chi connectivity index (χ1) is 11.4. The first-order valence-corrected chi connectivity index (χ1v) is 7.35. The monoisotopic (exact) mass is 333 g/mol. The maximum atomic E-state index is 13.7. The van der Waals surface area contributed by atoms with Crippen molar-refractivity contribution in [1.29, 1.82) is 0 Å². The number of nitrogens with one attached hydrogen (secondary N) is 1. The van der Waals surface area contributed by atoms with E-state index in [2.05, 4.69) is 5.32 Å². The lowest BCUT2D eigenvalue weighted by Crippen LogP contribution is -2.31. The molecule has 0 aliphatic carbocycles. The topological polar surface area (TPSA) is 55.4 Å². The zero-order chi connectivity index (χ0) is 17.7. The Bertz CT molecular complexity index is 744. The molecule has 0 heterocycles. The van der Waals surface area contributed by atoms with Crippen LogP contribution in [0.4, 0.5) is 8.78 Å². The van der Waals surface area contributed by atoms with Crippen molar-refractivity contribution in [3.05, 3.63) is 65.2 Å². The number of amides is 1. The summed E-state index contributed by atoms with van der Waals surface area (Å²) in [5, 5.41) is 2.58. The molecule has 1 N–H and O–H groups in total. The molecule has 0 aliphatic rings. The average molecular weight is 333 g/mol. The van der Waals surface area contributed by atoms with Crippen LogP contribution in [0.5, 0.6) is 5.75 Å². The molecule has 4 nitrogen and oxygen atoms in total. The van der Waals surface area contributed by atoms with Crippen molar-refractivity contribution < 1.29 is 23.1 Å². The van der Waals surface area contributed by atoms with Gasteiger partial charge in [0.1, 0.15) is 17.4 Å². The largest absolute Gasteiger partial charge is 0.484 e. The summed E-state index contributed by atoms with van der Waals surface area (Å²) in [7, 11) is 0. The number of benzene rings is 2. The molecule has 0 bridgehead atoms. The summed E-state index contributed by atoms with van der Waals surface area (Å²) in [4.78, 5) is 23.0. The van der Waals surface area contributed by atoms with Gasteiger partial charge in [0, 0.05) is 17.2 Å². The van der Waals surface area contributed by atoms with Gasteiger partial charge in [-0.3, -0.25) is 9.59 Å². The molecule has 0 aliphatic heterocycles. The molecule has 6 heteroatoms. The summed E-state index contributed by atoms with van der Waals surface area (Å²) in [6.45, 7) is 2.79. The highest BCUT2D eigenvalue weighted by Gasteiger charge is 2.14. The molecule has 0 fully saturated rings. The van der Waals surface area contributed by atoms with Gasteiger partial charge in [0.25, 0.3) is 5.91 Å². The van der Waals surface area contributed by atoms with Gasteiger partial charge in [-0.1, -0.05) is 6.07 Å². The van der Waals surface area contributed by atoms with E-state index in [1.807, 2.05) is 0 Å². The first kappa shape index (κ1) is 17.6. The Hall–Kier alpha value is -2.76. The molecular formula is C18H17F2NO3. The van der Waals surface area contributed by atoms with Crippen molar-refractivity contribution in [1.82, 2.24) is 5.32 Å². The number of hydrogen-bond donors (Lipinski definition) is 1. The summed E-state index contributed by atoms with van der Waals surface area (Å²) in [6.07, 6.45) is 0. The molecule has 0 unspecified atom stereocenters. The zero-order valence-electron chi connectivity index (χ0n) is 13.3. The summed E-state index contributed by atoms with van der Waals surface area (Å²) in [6, 6.07) is 8.95. The van der Waals surface area contributed by atoms with Crippen LogP contribution in [0.3, 0.4) is 0 Å². The highest BCUT2D eigenvalue weighted by molar-refractivity contribution is 5.94. The fourth-order valence-corrected chi connectivity index (χ4v) is 2.15. The number of ketones is 1. The van der Waals surface area contributed by atoms with E-state index >= 15 is 0 Å². The quantitative estimate of drug-likeness (QED) is 0.824. The van der Waals surface area contributed by atoms with E-state index < -0.39 is 23.6 Å². The summed E-state index contributed by atoms with van der Waals surface area (Å²) < 4.78 is 31.9. The normalized spacial score (nSPS) is 11.7. The molecule has 2 aromatic rings. The molecule has 0 radical (unpaired) electrons. The van der Waals surface area contributed by atoms with Gasteiger partial charge in [0.2, 0.25) is 0 Å². The van der Waals surface area contributed by atoms with Crippen LogP contribution in [-0.4, -0.2) is 18.3 Å². The standard InChI is InChI=1S/C18H17F2NO3/c1-11(16-8-5-14(19)9-17(16)20)21-18(23)10-24-15-6-3-13(4-7-15)12(2)22/h3-9,11H,10H2,1-2H3,(H,21,23)/t11-/m0/s1. The smallest absolute Gasteiger partial charge is 0.258 e. The van der Waals surface area contributed by atoms with Gasteiger partial charge >= 0.3 is 0 Å². The molecule has 0 saturated heterocycles. The van der Waals surface area contributed by atoms with Crippen molar-refractivity contribution >= 4 is 11.7 Å². The van der Waals surface area contributed by atoms with Crippen LogP contribution in [0.2, 0.25) is 0 Å². The molecular weight excluding hydrogens is 316 g/mol. The minimum atomic E-state index is -0.719. The third kappa shape index (κ3) is 4.62. The van der Waals surface area contributed by atoms with Crippen LogP contribution < -0.4 is 10.1 Å². The minimum absolute atomic E-state index is 0.0607. The van der Waals surface area contributed by atoms with Crippen LogP contribution in [0, 0.1) is 11.6 Å². The zero-order valence-corrected chi connectivity index (χ0v) is 13.3. The van der Waals surface area contributed by atoms with Crippen LogP contribution in [0.15, 0.2) is 42.5 Å². The van der Waals surface area contributed by atoms with Gasteiger partial charge in [-0.15, -0.1) is 0 Å². The predicted octanol–water partition coefficient (Wildman–Crippen LogP) is 3.42. The van der Waals surface area contributed by atoms with Gasteiger partial charge in [0.05, 0.1) is 6.04 Å². The Morgan fingerprint density at radius 3 is 2.38 bits per heavy atom. The SMILES string of the molecule is CC(=O)c1ccc(OCC(=O)N[C@@H](C)c2ccc(F)cc2F)cc1. The van der Waals surface area contributed by atoms with E-state index in [4.69, 9.17) is 4.74 Å².